The number of aromatic nitrogens is 2. The van der Waals surface area contributed by atoms with Crippen molar-refractivity contribution in [3.8, 4) is 10.6 Å². The highest BCUT2D eigenvalue weighted by atomic mass is 32.1. The number of ketones is 1. The number of alkyl halides is 3. The van der Waals surface area contributed by atoms with Gasteiger partial charge >= 0.3 is 6.18 Å². The predicted molar refractivity (Wildman–Crippen MR) is 69.5 cm³/mol. The minimum atomic E-state index is -4.44. The van der Waals surface area contributed by atoms with E-state index in [1.807, 2.05) is 0 Å². The Morgan fingerprint density at radius 3 is 2.70 bits per heavy atom. The fourth-order valence-electron chi connectivity index (χ4n) is 1.71. The van der Waals surface area contributed by atoms with Crippen molar-refractivity contribution in [3.63, 3.8) is 0 Å². The first-order chi connectivity index (χ1) is 9.27. The standard InChI is InChI=1S/C13H11F3N2OS/c1-7(19)3-10-6-20-12(18-10)9-4-11(13(14,15)16)8(2)17-5-9/h4-6H,3H2,1-2H3. The van der Waals surface area contributed by atoms with Gasteiger partial charge in [0.05, 0.1) is 11.3 Å². The van der Waals surface area contributed by atoms with E-state index in [0.29, 0.717) is 16.3 Å². The predicted octanol–water partition coefficient (Wildman–Crippen LogP) is 3.66. The average Bonchev–Trinajstić information content (AvgIpc) is 2.75. The summed E-state index contributed by atoms with van der Waals surface area (Å²) in [5.74, 6) is -0.0418. The number of Topliss-reactive ketones (excluding diaryl/α,β-unsaturated/α-hetero) is 1. The Kier molecular flexibility index (Phi) is 3.89. The topological polar surface area (TPSA) is 42.9 Å². The summed E-state index contributed by atoms with van der Waals surface area (Å²) in [6, 6.07) is 1.04. The Bertz CT molecular complexity index is 649. The van der Waals surface area contributed by atoms with Gasteiger partial charge < -0.3 is 0 Å². The number of rotatable bonds is 3. The summed E-state index contributed by atoms with van der Waals surface area (Å²) in [7, 11) is 0. The van der Waals surface area contributed by atoms with Crippen molar-refractivity contribution >= 4 is 17.1 Å². The van der Waals surface area contributed by atoms with Gasteiger partial charge in [-0.2, -0.15) is 13.2 Å². The van der Waals surface area contributed by atoms with Gasteiger partial charge in [-0.05, 0) is 19.9 Å². The first-order valence-corrected chi connectivity index (χ1v) is 6.63. The van der Waals surface area contributed by atoms with Gasteiger partial charge in [-0.3, -0.25) is 9.78 Å². The van der Waals surface area contributed by atoms with Gasteiger partial charge in [0.25, 0.3) is 0 Å². The molecule has 0 aromatic carbocycles. The molecule has 0 saturated heterocycles. The van der Waals surface area contributed by atoms with Crippen LogP contribution in [0.1, 0.15) is 23.9 Å². The molecule has 3 nitrogen and oxygen atoms in total. The normalized spacial score (nSPS) is 11.7. The highest BCUT2D eigenvalue weighted by Crippen LogP contribution is 2.34. The van der Waals surface area contributed by atoms with E-state index in [0.717, 1.165) is 6.07 Å². The van der Waals surface area contributed by atoms with Crippen LogP contribution in [0.25, 0.3) is 10.6 Å². The molecule has 106 valence electrons. The smallest absolute Gasteiger partial charge is 0.300 e. The second kappa shape index (κ2) is 5.32. The van der Waals surface area contributed by atoms with E-state index < -0.39 is 11.7 Å². The van der Waals surface area contributed by atoms with Gasteiger partial charge in [0.1, 0.15) is 10.8 Å². The minimum absolute atomic E-state index is 0.0418. The summed E-state index contributed by atoms with van der Waals surface area (Å²) in [5, 5.41) is 2.10. The van der Waals surface area contributed by atoms with Crippen LogP contribution in [0.5, 0.6) is 0 Å². The number of hydrogen-bond acceptors (Lipinski definition) is 4. The maximum absolute atomic E-state index is 12.8. The van der Waals surface area contributed by atoms with Gasteiger partial charge in [-0.15, -0.1) is 11.3 Å². The monoisotopic (exact) mass is 300 g/mol. The van der Waals surface area contributed by atoms with E-state index in [-0.39, 0.29) is 17.9 Å². The highest BCUT2D eigenvalue weighted by Gasteiger charge is 2.33. The number of carbonyl (C=O) groups is 1. The van der Waals surface area contributed by atoms with Crippen molar-refractivity contribution in [2.24, 2.45) is 0 Å². The second-order valence-electron chi connectivity index (χ2n) is 4.38. The lowest BCUT2D eigenvalue weighted by atomic mass is 10.1. The zero-order valence-corrected chi connectivity index (χ0v) is 11.6. The van der Waals surface area contributed by atoms with E-state index in [9.17, 15) is 18.0 Å². The Morgan fingerprint density at radius 1 is 1.40 bits per heavy atom. The minimum Gasteiger partial charge on any atom is -0.300 e. The Morgan fingerprint density at radius 2 is 2.10 bits per heavy atom. The first-order valence-electron chi connectivity index (χ1n) is 5.75. The molecule has 0 amide bonds. The van der Waals surface area contributed by atoms with Crippen LogP contribution >= 0.6 is 11.3 Å². The maximum Gasteiger partial charge on any atom is 0.418 e. The fourth-order valence-corrected chi connectivity index (χ4v) is 2.51. The van der Waals surface area contributed by atoms with Crippen molar-refractivity contribution in [2.75, 3.05) is 0 Å². The molecule has 0 spiro atoms. The van der Waals surface area contributed by atoms with Crippen molar-refractivity contribution in [3.05, 3.63) is 34.6 Å². The number of carbonyl (C=O) groups excluding carboxylic acids is 1. The van der Waals surface area contributed by atoms with Crippen molar-refractivity contribution in [2.45, 2.75) is 26.4 Å². The number of halogens is 3. The zero-order chi connectivity index (χ0) is 14.9. The molecule has 2 rings (SSSR count). The van der Waals surface area contributed by atoms with Crippen LogP contribution in [0.4, 0.5) is 13.2 Å². The number of aryl methyl sites for hydroxylation is 1. The molecule has 0 aliphatic heterocycles. The van der Waals surface area contributed by atoms with Gasteiger partial charge in [-0.1, -0.05) is 0 Å². The van der Waals surface area contributed by atoms with Crippen molar-refractivity contribution < 1.29 is 18.0 Å². The second-order valence-corrected chi connectivity index (χ2v) is 5.24. The number of nitrogens with zero attached hydrogens (tertiary/aromatic N) is 2. The SMILES string of the molecule is CC(=O)Cc1csc(-c2cnc(C)c(C(F)(F)F)c2)n1. The van der Waals surface area contributed by atoms with E-state index in [4.69, 9.17) is 0 Å². The average molecular weight is 300 g/mol. The molecule has 0 N–H and O–H groups in total. The van der Waals surface area contributed by atoms with E-state index in [1.165, 1.54) is 31.4 Å². The summed E-state index contributed by atoms with van der Waals surface area (Å²) in [6.07, 6.45) is -2.89. The lowest BCUT2D eigenvalue weighted by molar-refractivity contribution is -0.138. The Hall–Kier alpha value is -1.76. The molecule has 20 heavy (non-hydrogen) atoms. The first kappa shape index (κ1) is 14.6. The summed E-state index contributed by atoms with van der Waals surface area (Å²) in [4.78, 5) is 18.9. The molecular formula is C13H11F3N2OS. The van der Waals surface area contributed by atoms with E-state index in [2.05, 4.69) is 9.97 Å². The molecular weight excluding hydrogens is 289 g/mol. The van der Waals surface area contributed by atoms with Crippen LogP contribution in [-0.2, 0) is 17.4 Å². The van der Waals surface area contributed by atoms with Crippen LogP contribution in [0.2, 0.25) is 0 Å². The quantitative estimate of drug-likeness (QED) is 0.868. The van der Waals surface area contributed by atoms with Crippen molar-refractivity contribution in [1.29, 1.82) is 0 Å². The summed E-state index contributed by atoms with van der Waals surface area (Å²) >= 11 is 1.20. The third kappa shape index (κ3) is 3.22. The summed E-state index contributed by atoms with van der Waals surface area (Å²) < 4.78 is 38.5. The Balaban J connectivity index is 2.38. The van der Waals surface area contributed by atoms with E-state index in [1.54, 1.807) is 5.38 Å². The molecule has 0 bridgehead atoms. The lowest BCUT2D eigenvalue weighted by Gasteiger charge is -2.10. The molecule has 0 aliphatic rings. The number of thiazole rings is 1. The molecule has 2 heterocycles. The zero-order valence-electron chi connectivity index (χ0n) is 10.8. The van der Waals surface area contributed by atoms with Gasteiger partial charge in [0.2, 0.25) is 0 Å². The molecule has 0 atom stereocenters. The third-order valence-corrected chi connectivity index (χ3v) is 3.56. The van der Waals surface area contributed by atoms with Crippen LogP contribution in [-0.4, -0.2) is 15.8 Å². The fraction of sp³-hybridized carbons (Fsp3) is 0.308. The molecule has 7 heteroatoms. The maximum atomic E-state index is 12.8. The van der Waals surface area contributed by atoms with Crippen LogP contribution in [0, 0.1) is 6.92 Å². The molecule has 0 fully saturated rings. The summed E-state index contributed by atoms with van der Waals surface area (Å²) in [5.41, 5.74) is 0.0365. The Labute approximate surface area is 117 Å². The molecule has 0 aliphatic carbocycles. The van der Waals surface area contributed by atoms with Crippen LogP contribution < -0.4 is 0 Å². The molecule has 0 saturated carbocycles. The van der Waals surface area contributed by atoms with Crippen LogP contribution in [0.15, 0.2) is 17.6 Å². The largest absolute Gasteiger partial charge is 0.418 e. The highest BCUT2D eigenvalue weighted by molar-refractivity contribution is 7.13. The number of hydrogen-bond donors (Lipinski definition) is 0. The molecule has 2 aromatic rings. The lowest BCUT2D eigenvalue weighted by Crippen LogP contribution is -2.08. The van der Waals surface area contributed by atoms with Crippen LogP contribution in [0.3, 0.4) is 0 Å². The van der Waals surface area contributed by atoms with Gasteiger partial charge in [-0.25, -0.2) is 4.98 Å². The van der Waals surface area contributed by atoms with Gasteiger partial charge in [0.15, 0.2) is 0 Å². The molecule has 0 unspecified atom stereocenters. The third-order valence-electron chi connectivity index (χ3n) is 2.62. The number of pyridine rings is 1. The summed E-state index contributed by atoms with van der Waals surface area (Å²) in [6.45, 7) is 2.75. The molecule has 0 radical (unpaired) electrons. The molecule has 2 aromatic heterocycles. The van der Waals surface area contributed by atoms with E-state index >= 15 is 0 Å². The van der Waals surface area contributed by atoms with Crippen molar-refractivity contribution in [1.82, 2.24) is 9.97 Å². The van der Waals surface area contributed by atoms with Gasteiger partial charge in [0, 0.05) is 29.3 Å².